The lowest BCUT2D eigenvalue weighted by Crippen LogP contribution is -2.40. The van der Waals surface area contributed by atoms with Gasteiger partial charge in [0, 0.05) is 18.4 Å². The van der Waals surface area contributed by atoms with Crippen molar-refractivity contribution in [2.45, 2.75) is 79.4 Å². The monoisotopic (exact) mass is 416 g/mol. The number of hydrogen-bond acceptors (Lipinski definition) is 5. The number of esters is 1. The van der Waals surface area contributed by atoms with E-state index < -0.39 is 12.1 Å². The van der Waals surface area contributed by atoms with E-state index in [9.17, 15) is 14.7 Å². The zero-order chi connectivity index (χ0) is 22.5. The second-order valence-corrected chi connectivity index (χ2v) is 9.35. The van der Waals surface area contributed by atoms with E-state index in [0.717, 1.165) is 29.6 Å². The summed E-state index contributed by atoms with van der Waals surface area (Å²) in [7, 11) is 0. The van der Waals surface area contributed by atoms with Crippen LogP contribution in [0.5, 0.6) is 0 Å². The van der Waals surface area contributed by atoms with Gasteiger partial charge < -0.3 is 14.6 Å². The first kappa shape index (κ1) is 24.3. The molecule has 166 valence electrons. The summed E-state index contributed by atoms with van der Waals surface area (Å²) in [4.78, 5) is 23.7. The number of ketones is 1. The number of hydrogen-bond donors (Lipinski definition) is 1. The first-order valence-corrected chi connectivity index (χ1v) is 10.7. The molecule has 1 aliphatic carbocycles. The molecule has 0 spiro atoms. The van der Waals surface area contributed by atoms with E-state index in [1.807, 2.05) is 19.9 Å². The Kier molecular flexibility index (Phi) is 8.39. The highest BCUT2D eigenvalue weighted by Crippen LogP contribution is 2.51. The molecule has 0 aromatic rings. The maximum atomic E-state index is 11.9. The number of allylic oxidation sites excluding steroid dienone is 4. The van der Waals surface area contributed by atoms with Gasteiger partial charge in [0.2, 0.25) is 0 Å². The third-order valence-electron chi connectivity index (χ3n) is 5.91. The van der Waals surface area contributed by atoms with Gasteiger partial charge in [-0.15, -0.1) is 0 Å². The standard InChI is InChI=1S/C25H36O5/c1-16(2)8-7-10-25(6)14-21(27)19-15-30-22(13-18(5)26)24(19)20(25)9-11-29-23(28)12-17(3)4/h8-9,11-12,20-22,27H,7,10,13-15H2,1-6H3. The predicted molar refractivity (Wildman–Crippen MR) is 118 cm³/mol. The number of aliphatic hydroxyl groups excluding tert-OH is 1. The molecule has 0 aromatic heterocycles. The molecule has 1 aliphatic heterocycles. The Balaban J connectivity index is 2.37. The Morgan fingerprint density at radius 1 is 1.20 bits per heavy atom. The summed E-state index contributed by atoms with van der Waals surface area (Å²) in [6, 6.07) is 0. The molecule has 0 aromatic carbocycles. The van der Waals surface area contributed by atoms with E-state index in [0.29, 0.717) is 13.0 Å². The van der Waals surface area contributed by atoms with Gasteiger partial charge in [-0.3, -0.25) is 4.79 Å². The minimum absolute atomic E-state index is 0.0535. The molecule has 2 aliphatic rings. The van der Waals surface area contributed by atoms with Crippen molar-refractivity contribution in [3.63, 3.8) is 0 Å². The molecule has 4 atom stereocenters. The molecular weight excluding hydrogens is 380 g/mol. The molecule has 5 nitrogen and oxygen atoms in total. The molecule has 0 saturated carbocycles. The van der Waals surface area contributed by atoms with E-state index in [1.165, 1.54) is 17.9 Å². The van der Waals surface area contributed by atoms with Crippen molar-refractivity contribution < 1.29 is 24.2 Å². The van der Waals surface area contributed by atoms with Crippen LogP contribution < -0.4 is 0 Å². The summed E-state index contributed by atoms with van der Waals surface area (Å²) >= 11 is 0. The van der Waals surface area contributed by atoms with Gasteiger partial charge in [-0.25, -0.2) is 4.79 Å². The van der Waals surface area contributed by atoms with Gasteiger partial charge in [-0.1, -0.05) is 24.1 Å². The molecule has 0 saturated heterocycles. The zero-order valence-electron chi connectivity index (χ0n) is 19.2. The molecule has 5 heteroatoms. The molecule has 0 radical (unpaired) electrons. The normalized spacial score (nSPS) is 28.3. The lowest BCUT2D eigenvalue weighted by Gasteiger charge is -2.44. The van der Waals surface area contributed by atoms with Gasteiger partial charge in [-0.2, -0.15) is 0 Å². The molecule has 0 fully saturated rings. The van der Waals surface area contributed by atoms with Gasteiger partial charge in [0.05, 0.1) is 25.1 Å². The first-order chi connectivity index (χ1) is 14.0. The fourth-order valence-corrected chi connectivity index (χ4v) is 4.49. The Morgan fingerprint density at radius 2 is 1.90 bits per heavy atom. The minimum Gasteiger partial charge on any atom is -0.432 e. The molecule has 4 unspecified atom stereocenters. The average Bonchev–Trinajstić information content (AvgIpc) is 3.00. The number of carbonyl (C=O) groups excluding carboxylic acids is 2. The Bertz CT molecular complexity index is 777. The van der Waals surface area contributed by atoms with Gasteiger partial charge >= 0.3 is 5.97 Å². The van der Waals surface area contributed by atoms with Crippen LogP contribution in [0.3, 0.4) is 0 Å². The van der Waals surface area contributed by atoms with Crippen molar-refractivity contribution in [3.05, 3.63) is 46.8 Å². The van der Waals surface area contributed by atoms with Crippen LogP contribution in [0.15, 0.2) is 46.8 Å². The summed E-state index contributed by atoms with van der Waals surface area (Å²) in [6.07, 6.45) is 8.77. The second-order valence-electron chi connectivity index (χ2n) is 9.35. The maximum absolute atomic E-state index is 11.9. The lowest BCUT2D eigenvalue weighted by molar-refractivity contribution is -0.132. The van der Waals surface area contributed by atoms with Crippen LogP contribution in [-0.2, 0) is 19.1 Å². The molecule has 0 bridgehead atoms. The van der Waals surface area contributed by atoms with E-state index in [2.05, 4.69) is 26.8 Å². The number of Topliss-reactive ketones (excluding diaryl/α,β-unsaturated/α-hetero) is 1. The first-order valence-electron chi connectivity index (χ1n) is 10.7. The fraction of sp³-hybridized carbons (Fsp3) is 0.600. The van der Waals surface area contributed by atoms with Gasteiger partial charge in [-0.05, 0) is 76.5 Å². The van der Waals surface area contributed by atoms with Crippen LogP contribution in [0, 0.1) is 11.3 Å². The van der Waals surface area contributed by atoms with Crippen LogP contribution >= 0.6 is 0 Å². The van der Waals surface area contributed by atoms with E-state index in [-0.39, 0.29) is 29.6 Å². The smallest absolute Gasteiger partial charge is 0.335 e. The van der Waals surface area contributed by atoms with E-state index >= 15 is 0 Å². The quantitative estimate of drug-likeness (QED) is 0.266. The van der Waals surface area contributed by atoms with Gasteiger partial charge in [0.1, 0.15) is 5.78 Å². The second kappa shape index (κ2) is 10.4. The molecule has 30 heavy (non-hydrogen) atoms. The maximum Gasteiger partial charge on any atom is 0.335 e. The Hall–Kier alpha value is -1.98. The van der Waals surface area contributed by atoms with Crippen molar-refractivity contribution in [1.29, 1.82) is 0 Å². The summed E-state index contributed by atoms with van der Waals surface area (Å²) < 4.78 is 11.2. The van der Waals surface area contributed by atoms with Crippen molar-refractivity contribution in [1.82, 2.24) is 0 Å². The zero-order valence-corrected chi connectivity index (χ0v) is 19.2. The van der Waals surface area contributed by atoms with Crippen LogP contribution in [0.2, 0.25) is 0 Å². The van der Waals surface area contributed by atoms with Crippen molar-refractivity contribution in [3.8, 4) is 0 Å². The SMILES string of the molecule is CC(=O)CC1OCC2=C1C(C=COC(=O)C=C(C)C)C(C)(CCC=C(C)C)CC2O. The number of carbonyl (C=O) groups is 2. The number of aliphatic hydroxyl groups is 1. The predicted octanol–water partition coefficient (Wildman–Crippen LogP) is 4.82. The number of rotatable bonds is 8. The molecule has 1 heterocycles. The summed E-state index contributed by atoms with van der Waals surface area (Å²) in [5.41, 5.74) is 3.75. The van der Waals surface area contributed by atoms with E-state index in [1.54, 1.807) is 6.92 Å². The van der Waals surface area contributed by atoms with Crippen molar-refractivity contribution in [2.24, 2.45) is 11.3 Å². The summed E-state index contributed by atoms with van der Waals surface area (Å²) in [5, 5.41) is 10.9. The number of ether oxygens (including phenoxy) is 2. The minimum atomic E-state index is -0.577. The van der Waals surface area contributed by atoms with Crippen molar-refractivity contribution >= 4 is 11.8 Å². The molecule has 2 rings (SSSR count). The Labute approximate surface area is 180 Å². The van der Waals surface area contributed by atoms with E-state index in [4.69, 9.17) is 9.47 Å². The van der Waals surface area contributed by atoms with Crippen LogP contribution in [0.25, 0.3) is 0 Å². The highest BCUT2D eigenvalue weighted by atomic mass is 16.5. The molecular formula is C25H36O5. The van der Waals surface area contributed by atoms with Crippen LogP contribution in [0.1, 0.15) is 67.2 Å². The summed E-state index contributed by atoms with van der Waals surface area (Å²) in [6.45, 7) is 11.9. The van der Waals surface area contributed by atoms with Gasteiger partial charge in [0.25, 0.3) is 0 Å². The van der Waals surface area contributed by atoms with Crippen LogP contribution in [-0.4, -0.2) is 35.7 Å². The van der Waals surface area contributed by atoms with Crippen LogP contribution in [0.4, 0.5) is 0 Å². The fourth-order valence-electron chi connectivity index (χ4n) is 4.49. The highest BCUT2D eigenvalue weighted by molar-refractivity contribution is 5.83. The summed E-state index contributed by atoms with van der Waals surface area (Å²) in [5.74, 6) is -0.434. The lowest BCUT2D eigenvalue weighted by atomic mass is 9.61. The third kappa shape index (κ3) is 6.26. The van der Waals surface area contributed by atoms with Crippen molar-refractivity contribution in [2.75, 3.05) is 6.61 Å². The molecule has 0 amide bonds. The third-order valence-corrected chi connectivity index (χ3v) is 5.91. The average molecular weight is 417 g/mol. The largest absolute Gasteiger partial charge is 0.432 e. The Morgan fingerprint density at radius 3 is 2.50 bits per heavy atom. The van der Waals surface area contributed by atoms with Gasteiger partial charge in [0.15, 0.2) is 0 Å². The highest BCUT2D eigenvalue weighted by Gasteiger charge is 2.47. The topological polar surface area (TPSA) is 72.8 Å². The molecule has 1 N–H and O–H groups in total.